The summed E-state index contributed by atoms with van der Waals surface area (Å²) in [4.78, 5) is 4.14. The average molecular weight is 243 g/mol. The van der Waals surface area contributed by atoms with Crippen molar-refractivity contribution in [2.75, 3.05) is 18.5 Å². The van der Waals surface area contributed by atoms with Crippen LogP contribution < -0.4 is 5.32 Å². The second-order valence-electron chi connectivity index (χ2n) is 3.90. The zero-order valence-corrected chi connectivity index (χ0v) is 10.6. The molecule has 0 saturated heterocycles. The third-order valence-corrected chi connectivity index (χ3v) is 2.25. The van der Waals surface area contributed by atoms with Crippen LogP contribution in [0, 0.1) is 0 Å². The van der Waals surface area contributed by atoms with Gasteiger partial charge in [0.2, 0.25) is 0 Å². The van der Waals surface area contributed by atoms with Crippen LogP contribution in [0.3, 0.4) is 0 Å². The van der Waals surface area contributed by atoms with Crippen molar-refractivity contribution < 1.29 is 4.74 Å². The number of hydrogen-bond donors (Lipinski definition) is 1. The molecule has 0 saturated carbocycles. The van der Waals surface area contributed by atoms with Crippen LogP contribution >= 0.6 is 11.6 Å². The maximum Gasteiger partial charge on any atom is 0.131 e. The Morgan fingerprint density at radius 2 is 2.19 bits per heavy atom. The minimum absolute atomic E-state index is 0.322. The monoisotopic (exact) mass is 242 g/mol. The van der Waals surface area contributed by atoms with Gasteiger partial charge in [-0.1, -0.05) is 17.7 Å². The van der Waals surface area contributed by atoms with E-state index in [0.717, 1.165) is 31.8 Å². The summed E-state index contributed by atoms with van der Waals surface area (Å²) < 4.78 is 5.45. The van der Waals surface area contributed by atoms with E-state index in [9.17, 15) is 0 Å². The molecule has 0 fully saturated rings. The van der Waals surface area contributed by atoms with E-state index in [0.29, 0.717) is 11.3 Å². The second-order valence-corrected chi connectivity index (χ2v) is 4.29. The largest absolute Gasteiger partial charge is 0.379 e. The summed E-state index contributed by atoms with van der Waals surface area (Å²) in [6, 6.07) is 5.57. The molecule has 0 radical (unpaired) electrons. The van der Waals surface area contributed by atoms with E-state index in [4.69, 9.17) is 16.3 Å². The molecule has 0 amide bonds. The Balaban J connectivity index is 2.07. The van der Waals surface area contributed by atoms with Gasteiger partial charge in [0.15, 0.2) is 0 Å². The number of pyridine rings is 1. The summed E-state index contributed by atoms with van der Waals surface area (Å²) in [7, 11) is 0. The van der Waals surface area contributed by atoms with Gasteiger partial charge in [0, 0.05) is 13.2 Å². The molecule has 16 heavy (non-hydrogen) atoms. The van der Waals surface area contributed by atoms with Crippen LogP contribution in [0.4, 0.5) is 5.82 Å². The highest BCUT2D eigenvalue weighted by atomic mass is 35.5. The first-order valence-electron chi connectivity index (χ1n) is 5.66. The molecule has 4 heteroatoms. The maximum absolute atomic E-state index is 5.77. The van der Waals surface area contributed by atoms with Crippen LogP contribution in [0.5, 0.6) is 0 Å². The van der Waals surface area contributed by atoms with Crippen LogP contribution in [0.2, 0.25) is 5.15 Å². The summed E-state index contributed by atoms with van der Waals surface area (Å²) >= 11 is 5.77. The molecule has 1 aromatic heterocycles. The van der Waals surface area contributed by atoms with Crippen molar-refractivity contribution in [3.05, 3.63) is 23.4 Å². The number of unbranched alkanes of at least 4 members (excludes halogenated alkanes) is 1. The van der Waals surface area contributed by atoms with Gasteiger partial charge in [-0.05, 0) is 38.8 Å². The van der Waals surface area contributed by atoms with Gasteiger partial charge in [0.25, 0.3) is 0 Å². The summed E-state index contributed by atoms with van der Waals surface area (Å²) in [5.74, 6) is 0.831. The molecule has 3 nitrogen and oxygen atoms in total. The van der Waals surface area contributed by atoms with E-state index < -0.39 is 0 Å². The van der Waals surface area contributed by atoms with E-state index in [2.05, 4.69) is 10.3 Å². The molecule has 1 N–H and O–H groups in total. The van der Waals surface area contributed by atoms with Crippen molar-refractivity contribution in [3.8, 4) is 0 Å². The molecule has 0 aliphatic heterocycles. The first-order valence-corrected chi connectivity index (χ1v) is 6.04. The van der Waals surface area contributed by atoms with Crippen LogP contribution in [-0.2, 0) is 4.74 Å². The highest BCUT2D eigenvalue weighted by Crippen LogP contribution is 2.09. The molecule has 0 aliphatic carbocycles. The number of aromatic nitrogens is 1. The van der Waals surface area contributed by atoms with Crippen LogP contribution in [0.15, 0.2) is 18.2 Å². The van der Waals surface area contributed by atoms with Gasteiger partial charge in [0.05, 0.1) is 6.10 Å². The standard InChI is InChI=1S/C12H19ClN2O/c1-10(2)16-9-4-3-8-14-12-7-5-6-11(13)15-12/h5-7,10H,3-4,8-9H2,1-2H3,(H,14,15). The Kier molecular flexibility index (Phi) is 6.19. The number of anilines is 1. The molecule has 0 unspecified atom stereocenters. The number of nitrogens with one attached hydrogen (secondary N) is 1. The number of rotatable bonds is 7. The zero-order chi connectivity index (χ0) is 11.8. The third-order valence-electron chi connectivity index (χ3n) is 2.04. The predicted molar refractivity (Wildman–Crippen MR) is 68.1 cm³/mol. The third kappa shape index (κ3) is 5.93. The SMILES string of the molecule is CC(C)OCCCCNc1cccc(Cl)n1. The van der Waals surface area contributed by atoms with E-state index in [1.165, 1.54) is 0 Å². The van der Waals surface area contributed by atoms with Crippen molar-refractivity contribution >= 4 is 17.4 Å². The van der Waals surface area contributed by atoms with Gasteiger partial charge in [0.1, 0.15) is 11.0 Å². The fourth-order valence-corrected chi connectivity index (χ4v) is 1.43. The molecule has 0 spiro atoms. The zero-order valence-electron chi connectivity index (χ0n) is 9.87. The first kappa shape index (κ1) is 13.3. The molecular weight excluding hydrogens is 224 g/mol. The normalized spacial score (nSPS) is 10.8. The quantitative estimate of drug-likeness (QED) is 0.588. The van der Waals surface area contributed by atoms with Gasteiger partial charge in [-0.2, -0.15) is 0 Å². The molecule has 0 aliphatic rings. The highest BCUT2D eigenvalue weighted by Gasteiger charge is 1.95. The lowest BCUT2D eigenvalue weighted by Gasteiger charge is -2.08. The van der Waals surface area contributed by atoms with Crippen LogP contribution in [-0.4, -0.2) is 24.2 Å². The summed E-state index contributed by atoms with van der Waals surface area (Å²) in [5.41, 5.74) is 0. The van der Waals surface area contributed by atoms with Crippen molar-refractivity contribution in [1.82, 2.24) is 4.98 Å². The van der Waals surface area contributed by atoms with Crippen molar-refractivity contribution in [1.29, 1.82) is 0 Å². The van der Waals surface area contributed by atoms with Crippen LogP contribution in [0.1, 0.15) is 26.7 Å². The fourth-order valence-electron chi connectivity index (χ4n) is 1.27. The topological polar surface area (TPSA) is 34.1 Å². The molecule has 0 atom stereocenters. The second kappa shape index (κ2) is 7.47. The van der Waals surface area contributed by atoms with Gasteiger partial charge in [-0.15, -0.1) is 0 Å². The minimum Gasteiger partial charge on any atom is -0.379 e. The van der Waals surface area contributed by atoms with Gasteiger partial charge < -0.3 is 10.1 Å². The van der Waals surface area contributed by atoms with Crippen molar-refractivity contribution in [2.24, 2.45) is 0 Å². The maximum atomic E-state index is 5.77. The summed E-state index contributed by atoms with van der Waals surface area (Å²) in [6.45, 7) is 5.82. The molecule has 1 aromatic rings. The number of ether oxygens (including phenoxy) is 1. The lowest BCUT2D eigenvalue weighted by Crippen LogP contribution is -2.07. The first-order chi connectivity index (χ1) is 7.68. The summed E-state index contributed by atoms with van der Waals surface area (Å²) in [5, 5.41) is 3.74. The van der Waals surface area contributed by atoms with Gasteiger partial charge >= 0.3 is 0 Å². The van der Waals surface area contributed by atoms with Crippen molar-refractivity contribution in [2.45, 2.75) is 32.8 Å². The predicted octanol–water partition coefficient (Wildman–Crippen LogP) is 3.35. The Labute approximate surface area is 102 Å². The average Bonchev–Trinajstić information content (AvgIpc) is 2.23. The minimum atomic E-state index is 0.322. The van der Waals surface area contributed by atoms with Gasteiger partial charge in [-0.3, -0.25) is 0 Å². The molecule has 90 valence electrons. The number of hydrogen-bond acceptors (Lipinski definition) is 3. The van der Waals surface area contributed by atoms with E-state index >= 15 is 0 Å². The molecule has 1 heterocycles. The summed E-state index contributed by atoms with van der Waals surface area (Å²) in [6.07, 6.45) is 2.45. The molecular formula is C12H19ClN2O. The lowest BCUT2D eigenvalue weighted by molar-refractivity contribution is 0.0765. The van der Waals surface area contributed by atoms with E-state index in [1.807, 2.05) is 26.0 Å². The van der Waals surface area contributed by atoms with Crippen LogP contribution in [0.25, 0.3) is 0 Å². The number of nitrogens with zero attached hydrogens (tertiary/aromatic N) is 1. The molecule has 1 rings (SSSR count). The van der Waals surface area contributed by atoms with Gasteiger partial charge in [-0.25, -0.2) is 4.98 Å². The Bertz CT molecular complexity index is 305. The lowest BCUT2D eigenvalue weighted by atomic mass is 10.3. The Morgan fingerprint density at radius 3 is 2.88 bits per heavy atom. The molecule has 0 aromatic carbocycles. The van der Waals surface area contributed by atoms with E-state index in [-0.39, 0.29) is 0 Å². The van der Waals surface area contributed by atoms with Crippen molar-refractivity contribution in [3.63, 3.8) is 0 Å². The highest BCUT2D eigenvalue weighted by molar-refractivity contribution is 6.29. The Hall–Kier alpha value is -0.800. The molecule has 0 bridgehead atoms. The smallest absolute Gasteiger partial charge is 0.131 e. The fraction of sp³-hybridized carbons (Fsp3) is 0.583. The Morgan fingerprint density at radius 1 is 1.38 bits per heavy atom. The number of halogens is 1. The van der Waals surface area contributed by atoms with E-state index in [1.54, 1.807) is 6.07 Å².